The molecule has 0 fully saturated rings. The standard InChI is InChI=1S/C42H84Cl2O3/c1-31(19-33(3)21-35(5)23-37(7)25-39(9)27-41(11)43)15-13-17-45-29-47-30-46-18-14-16-32(2)20-34(4)22-36(6)24-38(8)26-40(10)28-42(12)44/h31-42H,13-30H2,1-12H3. The van der Waals surface area contributed by atoms with Crippen molar-refractivity contribution in [2.24, 2.45) is 59.2 Å². The molecular formula is C42H84Cl2O3. The fraction of sp³-hybridized carbons (Fsp3) is 1.00. The minimum atomic E-state index is 0.292. The van der Waals surface area contributed by atoms with Crippen LogP contribution in [0.1, 0.15) is 173 Å². The summed E-state index contributed by atoms with van der Waals surface area (Å²) >= 11 is 12.4. The summed E-state index contributed by atoms with van der Waals surface area (Å²) in [6.07, 6.45) is 17.5. The predicted molar refractivity (Wildman–Crippen MR) is 210 cm³/mol. The molecule has 12 unspecified atom stereocenters. The van der Waals surface area contributed by atoms with Gasteiger partial charge >= 0.3 is 0 Å². The molecule has 5 heteroatoms. The fourth-order valence-electron chi connectivity index (χ4n) is 8.95. The molecule has 0 spiro atoms. The second-order valence-electron chi connectivity index (χ2n) is 17.5. The van der Waals surface area contributed by atoms with Gasteiger partial charge in [-0.2, -0.15) is 0 Å². The van der Waals surface area contributed by atoms with Crippen molar-refractivity contribution < 1.29 is 14.2 Å². The largest absolute Gasteiger partial charge is 0.355 e. The van der Waals surface area contributed by atoms with E-state index in [1.54, 1.807) is 0 Å². The van der Waals surface area contributed by atoms with Crippen LogP contribution >= 0.6 is 23.2 Å². The summed E-state index contributed by atoms with van der Waals surface area (Å²) in [7, 11) is 0. The van der Waals surface area contributed by atoms with Crippen molar-refractivity contribution in [3.63, 3.8) is 0 Å². The van der Waals surface area contributed by atoms with E-state index in [0.29, 0.717) is 24.3 Å². The molecule has 0 saturated carbocycles. The van der Waals surface area contributed by atoms with Crippen LogP contribution in [0.4, 0.5) is 0 Å². The fourth-order valence-corrected chi connectivity index (χ4v) is 9.56. The number of hydrogen-bond acceptors (Lipinski definition) is 3. The molecular weight excluding hydrogens is 623 g/mol. The van der Waals surface area contributed by atoms with Crippen molar-refractivity contribution in [1.29, 1.82) is 0 Å². The topological polar surface area (TPSA) is 27.7 Å². The Morgan fingerprint density at radius 3 is 0.809 bits per heavy atom. The summed E-state index contributed by atoms with van der Waals surface area (Å²) < 4.78 is 17.0. The van der Waals surface area contributed by atoms with E-state index in [9.17, 15) is 0 Å². The van der Waals surface area contributed by atoms with E-state index in [4.69, 9.17) is 37.4 Å². The van der Waals surface area contributed by atoms with E-state index in [0.717, 1.165) is 98.1 Å². The van der Waals surface area contributed by atoms with Gasteiger partial charge in [-0.25, -0.2) is 0 Å². The Hall–Kier alpha value is 0.460. The third-order valence-corrected chi connectivity index (χ3v) is 10.6. The third kappa shape index (κ3) is 31.0. The van der Waals surface area contributed by atoms with Gasteiger partial charge in [0, 0.05) is 24.0 Å². The second-order valence-corrected chi connectivity index (χ2v) is 19.0. The molecule has 0 heterocycles. The van der Waals surface area contributed by atoms with Crippen molar-refractivity contribution in [3.05, 3.63) is 0 Å². The van der Waals surface area contributed by atoms with Crippen LogP contribution in [0.2, 0.25) is 0 Å². The number of ether oxygens (including phenoxy) is 3. The van der Waals surface area contributed by atoms with E-state index in [1.807, 2.05) is 0 Å². The van der Waals surface area contributed by atoms with Gasteiger partial charge in [0.05, 0.1) is 0 Å². The Bertz CT molecular complexity index is 633. The van der Waals surface area contributed by atoms with Gasteiger partial charge in [0.2, 0.25) is 0 Å². The lowest BCUT2D eigenvalue weighted by molar-refractivity contribution is -0.132. The Balaban J connectivity index is 3.77. The maximum atomic E-state index is 6.20. The lowest BCUT2D eigenvalue weighted by Gasteiger charge is -2.24. The maximum Gasteiger partial charge on any atom is 0.149 e. The van der Waals surface area contributed by atoms with Crippen LogP contribution in [0, 0.1) is 59.2 Å². The zero-order chi connectivity index (χ0) is 35.8. The molecule has 0 rings (SSSR count). The molecule has 0 radical (unpaired) electrons. The normalized spacial score (nSPS) is 20.0. The van der Waals surface area contributed by atoms with Crippen molar-refractivity contribution in [2.75, 3.05) is 26.8 Å². The minimum Gasteiger partial charge on any atom is -0.355 e. The molecule has 0 aliphatic heterocycles. The Kier molecular flexibility index (Phi) is 29.4. The first kappa shape index (κ1) is 47.5. The lowest BCUT2D eigenvalue weighted by Crippen LogP contribution is -2.13. The zero-order valence-electron chi connectivity index (χ0n) is 33.6. The van der Waals surface area contributed by atoms with E-state index in [1.165, 1.54) is 64.2 Å². The summed E-state index contributed by atoms with van der Waals surface area (Å²) in [6.45, 7) is 30.6. The monoisotopic (exact) mass is 707 g/mol. The number of halogens is 2. The van der Waals surface area contributed by atoms with Crippen molar-refractivity contribution in [1.82, 2.24) is 0 Å². The van der Waals surface area contributed by atoms with E-state index < -0.39 is 0 Å². The van der Waals surface area contributed by atoms with Crippen LogP contribution in [-0.4, -0.2) is 37.6 Å². The number of rotatable bonds is 32. The quantitative estimate of drug-likeness (QED) is 0.0396. The Morgan fingerprint density at radius 2 is 0.553 bits per heavy atom. The first-order valence-corrected chi connectivity index (χ1v) is 21.0. The van der Waals surface area contributed by atoms with Crippen LogP contribution in [0.3, 0.4) is 0 Å². The van der Waals surface area contributed by atoms with Gasteiger partial charge in [-0.1, -0.05) is 69.2 Å². The van der Waals surface area contributed by atoms with Crippen LogP contribution in [0.5, 0.6) is 0 Å². The SMILES string of the molecule is CC(Cl)CC(C)CC(C)CC(C)CC(C)CC(C)CCCOCOCOCCCC(C)CC(C)CC(C)CC(C)CC(C)CC(C)Cl. The Labute approximate surface area is 306 Å². The van der Waals surface area contributed by atoms with E-state index >= 15 is 0 Å². The molecule has 0 amide bonds. The highest BCUT2D eigenvalue weighted by atomic mass is 35.5. The van der Waals surface area contributed by atoms with Gasteiger partial charge in [-0.15, -0.1) is 23.2 Å². The summed E-state index contributed by atoms with van der Waals surface area (Å²) in [5.41, 5.74) is 0. The first-order valence-electron chi connectivity index (χ1n) is 20.1. The van der Waals surface area contributed by atoms with Crippen LogP contribution in [0.15, 0.2) is 0 Å². The molecule has 0 aromatic carbocycles. The van der Waals surface area contributed by atoms with E-state index in [-0.39, 0.29) is 0 Å². The highest BCUT2D eigenvalue weighted by Gasteiger charge is 2.19. The number of alkyl halides is 2. The average Bonchev–Trinajstić information content (AvgIpc) is 2.89. The molecule has 0 N–H and O–H groups in total. The molecule has 0 aromatic heterocycles. The summed E-state index contributed by atoms with van der Waals surface area (Å²) in [5.74, 6) is 7.68. The smallest absolute Gasteiger partial charge is 0.149 e. The zero-order valence-corrected chi connectivity index (χ0v) is 35.1. The van der Waals surface area contributed by atoms with Crippen molar-refractivity contribution in [2.45, 2.75) is 184 Å². The molecule has 0 saturated heterocycles. The molecule has 0 aromatic rings. The summed E-state index contributed by atoms with van der Waals surface area (Å²) in [6, 6.07) is 0. The average molecular weight is 708 g/mol. The van der Waals surface area contributed by atoms with Gasteiger partial charge in [0.15, 0.2) is 0 Å². The highest BCUT2D eigenvalue weighted by Crippen LogP contribution is 2.30. The highest BCUT2D eigenvalue weighted by molar-refractivity contribution is 6.20. The minimum absolute atomic E-state index is 0.292. The molecule has 12 atom stereocenters. The molecule has 47 heavy (non-hydrogen) atoms. The van der Waals surface area contributed by atoms with Gasteiger partial charge in [0.1, 0.15) is 13.6 Å². The number of hydrogen-bond donors (Lipinski definition) is 0. The molecule has 0 bridgehead atoms. The van der Waals surface area contributed by atoms with Gasteiger partial charge < -0.3 is 14.2 Å². The maximum absolute atomic E-state index is 6.20. The van der Waals surface area contributed by atoms with Gasteiger partial charge in [-0.05, 0) is 163 Å². The van der Waals surface area contributed by atoms with Crippen molar-refractivity contribution >= 4 is 23.2 Å². The Morgan fingerprint density at radius 1 is 0.319 bits per heavy atom. The van der Waals surface area contributed by atoms with Crippen LogP contribution < -0.4 is 0 Å². The van der Waals surface area contributed by atoms with E-state index in [2.05, 4.69) is 83.1 Å². The molecule has 284 valence electrons. The predicted octanol–water partition coefficient (Wildman–Crippen LogP) is 14.0. The van der Waals surface area contributed by atoms with Gasteiger partial charge in [0.25, 0.3) is 0 Å². The summed E-state index contributed by atoms with van der Waals surface area (Å²) in [5, 5.41) is 0.585. The molecule has 0 aliphatic carbocycles. The molecule has 3 nitrogen and oxygen atoms in total. The lowest BCUT2D eigenvalue weighted by atomic mass is 9.82. The van der Waals surface area contributed by atoms with Crippen LogP contribution in [0.25, 0.3) is 0 Å². The second kappa shape index (κ2) is 29.1. The van der Waals surface area contributed by atoms with Crippen LogP contribution in [-0.2, 0) is 14.2 Å². The molecule has 0 aliphatic rings. The summed E-state index contributed by atoms with van der Waals surface area (Å²) in [4.78, 5) is 0. The third-order valence-electron chi connectivity index (χ3n) is 10.2. The van der Waals surface area contributed by atoms with Gasteiger partial charge in [-0.3, -0.25) is 0 Å². The first-order chi connectivity index (χ1) is 22.1. The van der Waals surface area contributed by atoms with Crippen molar-refractivity contribution in [3.8, 4) is 0 Å².